The number of non-ortho nitro benzene ring substituents is 2. The fraction of sp³-hybridized carbons (Fsp3) is 0.303. The summed E-state index contributed by atoms with van der Waals surface area (Å²) in [7, 11) is 1.29. The number of unbranched alkanes of at least 4 members (excludes halogenated alkanes) is 3. The average Bonchev–Trinajstić information content (AvgIpc) is 3.05. The summed E-state index contributed by atoms with van der Waals surface area (Å²) in [6, 6.07) is 18.5. The Morgan fingerprint density at radius 3 is 1.67 bits per heavy atom. The van der Waals surface area contributed by atoms with E-state index in [9.17, 15) is 34.6 Å². The van der Waals surface area contributed by atoms with Crippen LogP contribution in [0.3, 0.4) is 0 Å². The van der Waals surface area contributed by atoms with Crippen molar-refractivity contribution in [3.05, 3.63) is 121 Å². The van der Waals surface area contributed by atoms with Gasteiger partial charge in [0.15, 0.2) is 0 Å². The second-order valence-corrected chi connectivity index (χ2v) is 10.1. The maximum atomic E-state index is 13.0. The van der Waals surface area contributed by atoms with E-state index in [-0.39, 0.29) is 37.4 Å². The van der Waals surface area contributed by atoms with Crippen molar-refractivity contribution in [1.29, 1.82) is 0 Å². The summed E-state index contributed by atoms with van der Waals surface area (Å²) in [4.78, 5) is 57.4. The first kappa shape index (κ1) is 34.1. The highest BCUT2D eigenvalue weighted by atomic mass is 16.6. The van der Waals surface area contributed by atoms with Gasteiger partial charge in [0.25, 0.3) is 11.4 Å². The van der Waals surface area contributed by atoms with Crippen molar-refractivity contribution in [1.82, 2.24) is 0 Å². The number of rotatable bonds is 17. The molecule has 0 amide bonds. The van der Waals surface area contributed by atoms with Crippen LogP contribution in [0.1, 0.15) is 52.7 Å². The van der Waals surface area contributed by atoms with Crippen LogP contribution in [0, 0.1) is 26.1 Å². The Labute approximate surface area is 259 Å². The molecule has 0 atom stereocenters. The average molecular weight is 619 g/mol. The zero-order chi connectivity index (χ0) is 32.6. The SMILES string of the molecule is COC(=O)/C=C/c1ccc(C(=O)OCCCCCCOC(=O)C(Cc2ccc([N+](=O)[O-])cc2)Cc2ccc([N+](=O)[O-])cc2)cc1. The Morgan fingerprint density at radius 2 is 1.20 bits per heavy atom. The molecule has 0 fully saturated rings. The lowest BCUT2D eigenvalue weighted by Crippen LogP contribution is -2.23. The van der Waals surface area contributed by atoms with E-state index in [2.05, 4.69) is 4.74 Å². The summed E-state index contributed by atoms with van der Waals surface area (Å²) < 4.78 is 15.4. The number of benzene rings is 3. The van der Waals surface area contributed by atoms with E-state index in [1.165, 1.54) is 37.5 Å². The number of hydrogen-bond acceptors (Lipinski definition) is 10. The van der Waals surface area contributed by atoms with Gasteiger partial charge in [-0.05, 0) is 73.4 Å². The molecule has 0 saturated carbocycles. The molecule has 0 aliphatic heterocycles. The molecule has 0 aromatic heterocycles. The minimum atomic E-state index is -0.592. The Balaban J connectivity index is 1.41. The lowest BCUT2D eigenvalue weighted by molar-refractivity contribution is -0.385. The number of ether oxygens (including phenoxy) is 3. The van der Waals surface area contributed by atoms with Crippen molar-refractivity contribution >= 4 is 35.4 Å². The highest BCUT2D eigenvalue weighted by molar-refractivity contribution is 5.90. The van der Waals surface area contributed by atoms with Gasteiger partial charge < -0.3 is 14.2 Å². The molecule has 3 rings (SSSR count). The molecule has 0 aliphatic rings. The molecule has 0 N–H and O–H groups in total. The van der Waals surface area contributed by atoms with Gasteiger partial charge in [-0.15, -0.1) is 0 Å². The molecule has 0 bridgehead atoms. The third-order valence-electron chi connectivity index (χ3n) is 6.87. The summed E-state index contributed by atoms with van der Waals surface area (Å²) in [5.74, 6) is -1.93. The molecule has 0 heterocycles. The number of nitro groups is 2. The van der Waals surface area contributed by atoms with Crippen molar-refractivity contribution in [2.24, 2.45) is 5.92 Å². The molecule has 12 nitrogen and oxygen atoms in total. The van der Waals surface area contributed by atoms with Gasteiger partial charge >= 0.3 is 17.9 Å². The highest BCUT2D eigenvalue weighted by Crippen LogP contribution is 2.21. The number of esters is 3. The predicted octanol–water partition coefficient (Wildman–Crippen LogP) is 6.05. The smallest absolute Gasteiger partial charge is 0.338 e. The largest absolute Gasteiger partial charge is 0.466 e. The van der Waals surface area contributed by atoms with Crippen LogP contribution in [0.2, 0.25) is 0 Å². The van der Waals surface area contributed by atoms with E-state index in [0.29, 0.717) is 18.4 Å². The molecule has 3 aromatic carbocycles. The van der Waals surface area contributed by atoms with Crippen LogP contribution in [0.25, 0.3) is 6.08 Å². The topological polar surface area (TPSA) is 165 Å². The van der Waals surface area contributed by atoms with E-state index < -0.39 is 33.7 Å². The van der Waals surface area contributed by atoms with Gasteiger partial charge in [0.1, 0.15) is 0 Å². The standard InChI is InChI=1S/C33H34N2O10/c1-43-31(36)19-12-24-6-13-27(14-7-24)32(37)44-20-4-2-3-5-21-45-33(38)28(22-25-8-15-29(16-9-25)34(39)40)23-26-10-17-30(18-11-26)35(41)42/h6-19,28H,2-5,20-23H2,1H3/b19-12+. The van der Waals surface area contributed by atoms with Crippen molar-refractivity contribution in [2.45, 2.75) is 38.5 Å². The Bertz CT molecular complexity index is 1420. The van der Waals surface area contributed by atoms with Gasteiger partial charge in [-0.3, -0.25) is 25.0 Å². The monoisotopic (exact) mass is 618 g/mol. The Kier molecular flexibility index (Phi) is 13.4. The van der Waals surface area contributed by atoms with Gasteiger partial charge in [0.05, 0.1) is 41.7 Å². The maximum Gasteiger partial charge on any atom is 0.338 e. The zero-order valence-electron chi connectivity index (χ0n) is 24.8. The summed E-state index contributed by atoms with van der Waals surface area (Å²) >= 11 is 0. The Hall–Kier alpha value is -5.39. The molecule has 3 aromatic rings. The fourth-order valence-electron chi connectivity index (χ4n) is 4.37. The molecule has 0 spiro atoms. The fourth-order valence-corrected chi connectivity index (χ4v) is 4.37. The van der Waals surface area contributed by atoms with Crippen molar-refractivity contribution in [2.75, 3.05) is 20.3 Å². The second-order valence-electron chi connectivity index (χ2n) is 10.1. The van der Waals surface area contributed by atoms with Crippen LogP contribution in [0.15, 0.2) is 78.9 Å². The highest BCUT2D eigenvalue weighted by Gasteiger charge is 2.22. The zero-order valence-corrected chi connectivity index (χ0v) is 24.8. The molecule has 236 valence electrons. The van der Waals surface area contributed by atoms with Gasteiger partial charge in [-0.2, -0.15) is 0 Å². The van der Waals surface area contributed by atoms with E-state index in [1.807, 2.05) is 0 Å². The lowest BCUT2D eigenvalue weighted by Gasteiger charge is -2.16. The van der Waals surface area contributed by atoms with Crippen LogP contribution in [-0.2, 0) is 36.6 Å². The second kappa shape index (κ2) is 17.7. The first-order chi connectivity index (χ1) is 21.7. The molecule has 0 radical (unpaired) electrons. The molecular formula is C33H34N2O10. The number of nitro benzene ring substituents is 2. The van der Waals surface area contributed by atoms with Gasteiger partial charge in [-0.25, -0.2) is 9.59 Å². The summed E-state index contributed by atoms with van der Waals surface area (Å²) in [5.41, 5.74) is 2.48. The molecule has 0 aliphatic carbocycles. The molecule has 0 saturated heterocycles. The van der Waals surface area contributed by atoms with Gasteiger partial charge in [0, 0.05) is 30.3 Å². The summed E-state index contributed by atoms with van der Waals surface area (Å²) in [6.45, 7) is 0.446. The minimum absolute atomic E-state index is 0.0524. The van der Waals surface area contributed by atoms with Crippen LogP contribution in [-0.4, -0.2) is 48.1 Å². The van der Waals surface area contributed by atoms with Crippen molar-refractivity contribution < 1.29 is 38.4 Å². The normalized spacial score (nSPS) is 10.9. The van der Waals surface area contributed by atoms with Crippen LogP contribution >= 0.6 is 0 Å². The van der Waals surface area contributed by atoms with E-state index in [4.69, 9.17) is 9.47 Å². The van der Waals surface area contributed by atoms with E-state index in [1.54, 1.807) is 54.6 Å². The van der Waals surface area contributed by atoms with Crippen molar-refractivity contribution in [3.8, 4) is 0 Å². The molecule has 12 heteroatoms. The Morgan fingerprint density at radius 1 is 0.711 bits per heavy atom. The molecular weight excluding hydrogens is 584 g/mol. The maximum absolute atomic E-state index is 13.0. The summed E-state index contributed by atoms with van der Waals surface area (Å²) in [5, 5.41) is 22.0. The number of methoxy groups -OCH3 is 1. The van der Waals surface area contributed by atoms with Crippen LogP contribution < -0.4 is 0 Å². The number of nitrogens with zero attached hydrogens (tertiary/aromatic N) is 2. The minimum Gasteiger partial charge on any atom is -0.466 e. The van der Waals surface area contributed by atoms with Gasteiger partial charge in [-0.1, -0.05) is 36.4 Å². The number of carbonyl (C=O) groups is 3. The van der Waals surface area contributed by atoms with Crippen LogP contribution in [0.5, 0.6) is 0 Å². The van der Waals surface area contributed by atoms with E-state index >= 15 is 0 Å². The molecule has 45 heavy (non-hydrogen) atoms. The predicted molar refractivity (Wildman–Crippen MR) is 164 cm³/mol. The first-order valence-corrected chi connectivity index (χ1v) is 14.3. The first-order valence-electron chi connectivity index (χ1n) is 14.3. The quantitative estimate of drug-likeness (QED) is 0.0434. The summed E-state index contributed by atoms with van der Waals surface area (Å²) in [6.07, 6.45) is 6.20. The third kappa shape index (κ3) is 11.7. The van der Waals surface area contributed by atoms with E-state index in [0.717, 1.165) is 29.5 Å². The number of carbonyl (C=O) groups excluding carboxylic acids is 3. The number of hydrogen-bond donors (Lipinski definition) is 0. The molecule has 0 unspecified atom stereocenters. The van der Waals surface area contributed by atoms with Gasteiger partial charge in [0.2, 0.25) is 0 Å². The third-order valence-corrected chi connectivity index (χ3v) is 6.87. The van der Waals surface area contributed by atoms with Crippen LogP contribution in [0.4, 0.5) is 11.4 Å². The lowest BCUT2D eigenvalue weighted by atomic mass is 9.92. The van der Waals surface area contributed by atoms with Crippen molar-refractivity contribution in [3.63, 3.8) is 0 Å².